The fourth-order valence-corrected chi connectivity index (χ4v) is 1.04. The Labute approximate surface area is 73.9 Å². The highest BCUT2D eigenvalue weighted by molar-refractivity contribution is 7.09. The Morgan fingerprint density at radius 2 is 2.67 bits per heavy atom. The van der Waals surface area contributed by atoms with E-state index in [4.69, 9.17) is 4.74 Å². The van der Waals surface area contributed by atoms with Gasteiger partial charge >= 0.3 is 5.97 Å². The summed E-state index contributed by atoms with van der Waals surface area (Å²) in [6.07, 6.45) is 1.43. The molecule has 66 valence electrons. The number of rotatable bonds is 4. The molecule has 0 aliphatic carbocycles. The van der Waals surface area contributed by atoms with Gasteiger partial charge in [0, 0.05) is 11.5 Å². The summed E-state index contributed by atoms with van der Waals surface area (Å²) in [5, 5.41) is 3.41. The van der Waals surface area contributed by atoms with Crippen LogP contribution in [-0.4, -0.2) is 28.5 Å². The van der Waals surface area contributed by atoms with Crippen molar-refractivity contribution in [3.05, 3.63) is 6.33 Å². The molecule has 0 fully saturated rings. The molecule has 1 aromatic heterocycles. The van der Waals surface area contributed by atoms with Crippen LogP contribution in [0.2, 0.25) is 0 Å². The van der Waals surface area contributed by atoms with Crippen molar-refractivity contribution < 1.29 is 9.53 Å². The monoisotopic (exact) mass is 187 g/mol. The van der Waals surface area contributed by atoms with Crippen molar-refractivity contribution in [1.82, 2.24) is 9.36 Å². The van der Waals surface area contributed by atoms with Gasteiger partial charge < -0.3 is 10.1 Å². The van der Waals surface area contributed by atoms with Crippen LogP contribution in [0.5, 0.6) is 0 Å². The third-order valence-electron chi connectivity index (χ3n) is 1.05. The first-order valence-corrected chi connectivity index (χ1v) is 4.26. The Balaban J connectivity index is 2.22. The summed E-state index contributed by atoms with van der Waals surface area (Å²) in [5.74, 6) is -0.285. The Morgan fingerprint density at radius 3 is 3.25 bits per heavy atom. The van der Waals surface area contributed by atoms with Gasteiger partial charge in [0.05, 0.1) is 6.61 Å². The van der Waals surface area contributed by atoms with E-state index in [0.29, 0.717) is 11.7 Å². The number of hydrogen-bond donors (Lipinski definition) is 1. The van der Waals surface area contributed by atoms with E-state index in [1.54, 1.807) is 6.92 Å². The highest BCUT2D eigenvalue weighted by atomic mass is 32.1. The molecule has 1 rings (SSSR count). The largest absolute Gasteiger partial charge is 0.465 e. The second-order valence-electron chi connectivity index (χ2n) is 1.90. The summed E-state index contributed by atoms with van der Waals surface area (Å²) in [4.78, 5) is 14.6. The van der Waals surface area contributed by atoms with Crippen LogP contribution in [0.4, 0.5) is 5.13 Å². The zero-order valence-electron chi connectivity index (χ0n) is 6.61. The summed E-state index contributed by atoms with van der Waals surface area (Å²) in [5.41, 5.74) is 0. The van der Waals surface area contributed by atoms with Crippen LogP contribution >= 0.6 is 11.5 Å². The molecule has 0 amide bonds. The number of anilines is 1. The van der Waals surface area contributed by atoms with Gasteiger partial charge in [0.25, 0.3) is 0 Å². The molecular formula is C6H9N3O2S. The maximum atomic E-state index is 10.8. The van der Waals surface area contributed by atoms with Crippen molar-refractivity contribution in [2.45, 2.75) is 6.92 Å². The molecule has 0 bridgehead atoms. The maximum Gasteiger partial charge on any atom is 0.325 e. The summed E-state index contributed by atoms with van der Waals surface area (Å²) in [6.45, 7) is 2.31. The zero-order valence-corrected chi connectivity index (χ0v) is 7.43. The molecule has 0 radical (unpaired) electrons. The number of nitrogens with one attached hydrogen (secondary N) is 1. The number of esters is 1. The van der Waals surface area contributed by atoms with Gasteiger partial charge in [-0.1, -0.05) is 0 Å². The van der Waals surface area contributed by atoms with Gasteiger partial charge in [-0.15, -0.1) is 0 Å². The molecule has 0 atom stereocenters. The lowest BCUT2D eigenvalue weighted by molar-refractivity contribution is -0.140. The molecule has 5 nitrogen and oxygen atoms in total. The highest BCUT2D eigenvalue weighted by Gasteiger charge is 2.01. The van der Waals surface area contributed by atoms with Gasteiger partial charge in [0.1, 0.15) is 12.9 Å². The lowest BCUT2D eigenvalue weighted by Gasteiger charge is -2.00. The quantitative estimate of drug-likeness (QED) is 0.696. The minimum Gasteiger partial charge on any atom is -0.465 e. The zero-order chi connectivity index (χ0) is 8.81. The summed E-state index contributed by atoms with van der Waals surface area (Å²) >= 11 is 1.20. The smallest absolute Gasteiger partial charge is 0.325 e. The average Bonchev–Trinajstić information content (AvgIpc) is 2.53. The fourth-order valence-electron chi connectivity index (χ4n) is 0.611. The standard InChI is InChI=1S/C6H9N3O2S/c1-2-11-5(10)3-7-6-8-4-9-12-6/h4H,2-3H2,1H3,(H,7,8,9). The van der Waals surface area contributed by atoms with Crippen molar-refractivity contribution in [3.63, 3.8) is 0 Å². The Kier molecular flexibility index (Phi) is 3.46. The molecule has 6 heteroatoms. The lowest BCUT2D eigenvalue weighted by Crippen LogP contribution is -2.16. The molecule has 0 saturated heterocycles. The van der Waals surface area contributed by atoms with E-state index in [1.807, 2.05) is 0 Å². The predicted octanol–water partition coefficient (Wildman–Crippen LogP) is 0.513. The minimum atomic E-state index is -0.285. The summed E-state index contributed by atoms with van der Waals surface area (Å²) in [6, 6.07) is 0. The van der Waals surface area contributed by atoms with Crippen molar-refractivity contribution in [3.8, 4) is 0 Å². The average molecular weight is 187 g/mol. The van der Waals surface area contributed by atoms with Crippen molar-refractivity contribution in [1.29, 1.82) is 0 Å². The molecular weight excluding hydrogens is 178 g/mol. The molecule has 0 aromatic carbocycles. The SMILES string of the molecule is CCOC(=O)CNc1ncns1. The first-order valence-electron chi connectivity index (χ1n) is 3.49. The van der Waals surface area contributed by atoms with Crippen LogP contribution in [0, 0.1) is 0 Å². The topological polar surface area (TPSA) is 64.1 Å². The van der Waals surface area contributed by atoms with Crippen LogP contribution < -0.4 is 5.32 Å². The van der Waals surface area contributed by atoms with Gasteiger partial charge in [0.2, 0.25) is 5.13 Å². The maximum absolute atomic E-state index is 10.8. The van der Waals surface area contributed by atoms with Gasteiger partial charge in [-0.05, 0) is 6.92 Å². The summed E-state index contributed by atoms with van der Waals surface area (Å²) in [7, 11) is 0. The number of nitrogens with zero attached hydrogens (tertiary/aromatic N) is 2. The van der Waals surface area contributed by atoms with Crippen molar-refractivity contribution >= 4 is 22.6 Å². The van der Waals surface area contributed by atoms with Crippen LogP contribution in [0.1, 0.15) is 6.92 Å². The Hall–Kier alpha value is -1.17. The molecule has 12 heavy (non-hydrogen) atoms. The molecule has 0 saturated carbocycles. The van der Waals surface area contributed by atoms with Crippen molar-refractivity contribution in [2.24, 2.45) is 0 Å². The fraction of sp³-hybridized carbons (Fsp3) is 0.500. The number of ether oxygens (including phenoxy) is 1. The predicted molar refractivity (Wildman–Crippen MR) is 45.0 cm³/mol. The van der Waals surface area contributed by atoms with E-state index < -0.39 is 0 Å². The van der Waals surface area contributed by atoms with E-state index >= 15 is 0 Å². The highest BCUT2D eigenvalue weighted by Crippen LogP contribution is 2.05. The third-order valence-corrected chi connectivity index (χ3v) is 1.67. The molecule has 1 N–H and O–H groups in total. The van der Waals surface area contributed by atoms with Gasteiger partial charge in [0.15, 0.2) is 0 Å². The van der Waals surface area contributed by atoms with Crippen LogP contribution in [0.15, 0.2) is 6.33 Å². The number of carbonyl (C=O) groups excluding carboxylic acids is 1. The normalized spacial score (nSPS) is 9.42. The van der Waals surface area contributed by atoms with Gasteiger partial charge in [-0.25, -0.2) is 4.98 Å². The van der Waals surface area contributed by atoms with E-state index in [2.05, 4.69) is 14.7 Å². The number of carbonyl (C=O) groups is 1. The van der Waals surface area contributed by atoms with E-state index in [-0.39, 0.29) is 12.5 Å². The van der Waals surface area contributed by atoms with Gasteiger partial charge in [-0.2, -0.15) is 4.37 Å². The minimum absolute atomic E-state index is 0.142. The Morgan fingerprint density at radius 1 is 1.83 bits per heavy atom. The molecule has 0 aliphatic heterocycles. The molecule has 1 heterocycles. The Bertz CT molecular complexity index is 237. The summed E-state index contributed by atoms with van der Waals surface area (Å²) < 4.78 is 8.46. The van der Waals surface area contributed by atoms with E-state index in [1.165, 1.54) is 17.9 Å². The van der Waals surface area contributed by atoms with Crippen molar-refractivity contribution in [2.75, 3.05) is 18.5 Å². The molecule has 1 aromatic rings. The van der Waals surface area contributed by atoms with Crippen LogP contribution in [0.3, 0.4) is 0 Å². The molecule has 0 unspecified atom stereocenters. The van der Waals surface area contributed by atoms with Crippen LogP contribution in [0.25, 0.3) is 0 Å². The lowest BCUT2D eigenvalue weighted by atomic mass is 10.6. The second kappa shape index (κ2) is 4.66. The first-order chi connectivity index (χ1) is 5.83. The number of aromatic nitrogens is 2. The van der Waals surface area contributed by atoms with Crippen LogP contribution in [-0.2, 0) is 9.53 Å². The molecule has 0 spiro atoms. The van der Waals surface area contributed by atoms with E-state index in [9.17, 15) is 4.79 Å². The van der Waals surface area contributed by atoms with E-state index in [0.717, 1.165) is 0 Å². The first kappa shape index (κ1) is 8.92. The van der Waals surface area contributed by atoms with Gasteiger partial charge in [-0.3, -0.25) is 4.79 Å². The number of hydrogen-bond acceptors (Lipinski definition) is 6. The second-order valence-corrected chi connectivity index (χ2v) is 2.69. The third kappa shape index (κ3) is 2.83. The molecule has 0 aliphatic rings.